The van der Waals surface area contributed by atoms with Crippen LogP contribution < -0.4 is 19.7 Å². The lowest BCUT2D eigenvalue weighted by Gasteiger charge is -2.36. The highest BCUT2D eigenvalue weighted by Crippen LogP contribution is 2.28. The standard InChI is InChI=1S/C23H31N3O3/c1-28-21-9-5-3-7-19(21)11-13-24-14-12-23(27)26-17-15-25(16-18-26)20-8-4-6-10-22(20)29-2/h3-10,24H,11-18H2,1-2H3. The predicted octanol–water partition coefficient (Wildman–Crippen LogP) is 2.57. The molecule has 1 aliphatic rings. The maximum absolute atomic E-state index is 12.5. The second kappa shape index (κ2) is 10.7. The first-order valence-electron chi connectivity index (χ1n) is 10.2. The molecule has 29 heavy (non-hydrogen) atoms. The third-order valence-electron chi connectivity index (χ3n) is 5.34. The van der Waals surface area contributed by atoms with Gasteiger partial charge in [0.2, 0.25) is 5.91 Å². The number of rotatable bonds is 9. The van der Waals surface area contributed by atoms with Gasteiger partial charge in [0.15, 0.2) is 0 Å². The molecule has 2 aromatic carbocycles. The SMILES string of the molecule is COc1ccccc1CCNCCC(=O)N1CCN(c2ccccc2OC)CC1. The molecule has 0 spiro atoms. The molecule has 0 radical (unpaired) electrons. The Labute approximate surface area is 173 Å². The van der Waals surface area contributed by atoms with Crippen molar-refractivity contribution in [3.8, 4) is 11.5 Å². The highest BCUT2D eigenvalue weighted by molar-refractivity contribution is 5.76. The Balaban J connectivity index is 1.37. The second-order valence-corrected chi connectivity index (χ2v) is 7.10. The van der Waals surface area contributed by atoms with Crippen LogP contribution in [0.2, 0.25) is 0 Å². The van der Waals surface area contributed by atoms with E-state index in [0.717, 1.165) is 56.3 Å². The van der Waals surface area contributed by atoms with Crippen molar-refractivity contribution in [3.63, 3.8) is 0 Å². The van der Waals surface area contributed by atoms with E-state index in [1.54, 1.807) is 14.2 Å². The number of para-hydroxylation sites is 3. The van der Waals surface area contributed by atoms with Crippen molar-refractivity contribution in [3.05, 3.63) is 54.1 Å². The molecular weight excluding hydrogens is 366 g/mol. The molecule has 0 atom stereocenters. The van der Waals surface area contributed by atoms with Crippen molar-refractivity contribution in [2.45, 2.75) is 12.8 Å². The number of amides is 1. The Morgan fingerprint density at radius 2 is 1.55 bits per heavy atom. The molecule has 6 heteroatoms. The van der Waals surface area contributed by atoms with Crippen LogP contribution in [0.25, 0.3) is 0 Å². The fraction of sp³-hybridized carbons (Fsp3) is 0.435. The van der Waals surface area contributed by atoms with Gasteiger partial charge in [-0.25, -0.2) is 0 Å². The summed E-state index contributed by atoms with van der Waals surface area (Å²) in [5.41, 5.74) is 2.28. The van der Waals surface area contributed by atoms with Gasteiger partial charge in [-0.05, 0) is 36.7 Å². The van der Waals surface area contributed by atoms with Crippen molar-refractivity contribution in [2.75, 3.05) is 58.4 Å². The maximum atomic E-state index is 12.5. The number of hydrogen-bond donors (Lipinski definition) is 1. The number of methoxy groups -OCH3 is 2. The minimum absolute atomic E-state index is 0.217. The number of carbonyl (C=O) groups excluding carboxylic acids is 1. The molecule has 1 aliphatic heterocycles. The number of anilines is 1. The molecule has 0 bridgehead atoms. The van der Waals surface area contributed by atoms with Crippen LogP contribution in [-0.4, -0.2) is 64.3 Å². The van der Waals surface area contributed by atoms with Gasteiger partial charge in [-0.3, -0.25) is 4.79 Å². The summed E-state index contributed by atoms with van der Waals surface area (Å²) in [6, 6.07) is 16.1. The first-order chi connectivity index (χ1) is 14.2. The first kappa shape index (κ1) is 21.0. The number of piperazine rings is 1. The quantitative estimate of drug-likeness (QED) is 0.659. The zero-order valence-electron chi connectivity index (χ0n) is 17.4. The summed E-state index contributed by atoms with van der Waals surface area (Å²) in [7, 11) is 3.39. The molecule has 1 fully saturated rings. The fourth-order valence-electron chi connectivity index (χ4n) is 3.70. The summed E-state index contributed by atoms with van der Waals surface area (Å²) >= 11 is 0. The van der Waals surface area contributed by atoms with Gasteiger partial charge >= 0.3 is 0 Å². The molecule has 1 heterocycles. The summed E-state index contributed by atoms with van der Waals surface area (Å²) in [4.78, 5) is 16.8. The number of nitrogens with zero attached hydrogens (tertiary/aromatic N) is 2. The minimum atomic E-state index is 0.217. The van der Waals surface area contributed by atoms with Gasteiger partial charge in [-0.1, -0.05) is 30.3 Å². The lowest BCUT2D eigenvalue weighted by molar-refractivity contribution is -0.131. The van der Waals surface area contributed by atoms with Gasteiger partial charge in [-0.2, -0.15) is 0 Å². The second-order valence-electron chi connectivity index (χ2n) is 7.10. The van der Waals surface area contributed by atoms with Crippen molar-refractivity contribution >= 4 is 11.6 Å². The summed E-state index contributed by atoms with van der Waals surface area (Å²) in [6.07, 6.45) is 1.41. The van der Waals surface area contributed by atoms with E-state index in [4.69, 9.17) is 9.47 Å². The minimum Gasteiger partial charge on any atom is -0.496 e. The van der Waals surface area contributed by atoms with E-state index in [0.29, 0.717) is 13.0 Å². The van der Waals surface area contributed by atoms with Gasteiger partial charge in [0.1, 0.15) is 11.5 Å². The third kappa shape index (κ3) is 5.64. The fourth-order valence-corrected chi connectivity index (χ4v) is 3.70. The molecule has 1 amide bonds. The zero-order valence-corrected chi connectivity index (χ0v) is 17.4. The summed E-state index contributed by atoms with van der Waals surface area (Å²) in [5.74, 6) is 2.01. The molecule has 2 aromatic rings. The number of benzene rings is 2. The van der Waals surface area contributed by atoms with E-state index in [1.807, 2.05) is 41.3 Å². The van der Waals surface area contributed by atoms with E-state index in [1.165, 1.54) is 5.56 Å². The Morgan fingerprint density at radius 3 is 2.28 bits per heavy atom. The van der Waals surface area contributed by atoms with Crippen LogP contribution in [-0.2, 0) is 11.2 Å². The topological polar surface area (TPSA) is 54.0 Å². The first-order valence-corrected chi connectivity index (χ1v) is 10.2. The lowest BCUT2D eigenvalue weighted by atomic mass is 10.1. The van der Waals surface area contributed by atoms with Gasteiger partial charge in [-0.15, -0.1) is 0 Å². The van der Waals surface area contributed by atoms with Crippen molar-refractivity contribution in [2.24, 2.45) is 0 Å². The molecule has 0 saturated carbocycles. The summed E-state index contributed by atoms with van der Waals surface area (Å²) < 4.78 is 10.8. The van der Waals surface area contributed by atoms with Crippen LogP contribution in [0.4, 0.5) is 5.69 Å². The van der Waals surface area contributed by atoms with E-state index < -0.39 is 0 Å². The van der Waals surface area contributed by atoms with Crippen LogP contribution in [0.5, 0.6) is 11.5 Å². The van der Waals surface area contributed by atoms with Crippen LogP contribution in [0.15, 0.2) is 48.5 Å². The number of nitrogens with one attached hydrogen (secondary N) is 1. The molecule has 3 rings (SSSR count). The monoisotopic (exact) mass is 397 g/mol. The average molecular weight is 398 g/mol. The zero-order chi connectivity index (χ0) is 20.5. The smallest absolute Gasteiger partial charge is 0.223 e. The number of ether oxygens (including phenoxy) is 2. The molecular formula is C23H31N3O3. The maximum Gasteiger partial charge on any atom is 0.223 e. The number of carbonyl (C=O) groups is 1. The normalized spacial score (nSPS) is 14.0. The van der Waals surface area contributed by atoms with Crippen LogP contribution in [0, 0.1) is 0 Å². The Bertz CT molecular complexity index is 788. The van der Waals surface area contributed by atoms with Crippen LogP contribution in [0.1, 0.15) is 12.0 Å². The highest BCUT2D eigenvalue weighted by Gasteiger charge is 2.22. The average Bonchev–Trinajstić information content (AvgIpc) is 2.79. The molecule has 0 unspecified atom stereocenters. The van der Waals surface area contributed by atoms with E-state index in [-0.39, 0.29) is 5.91 Å². The molecule has 0 aromatic heterocycles. The van der Waals surface area contributed by atoms with Gasteiger partial charge < -0.3 is 24.6 Å². The Kier molecular flexibility index (Phi) is 7.76. The summed E-state index contributed by atoms with van der Waals surface area (Å²) in [5, 5.41) is 3.37. The Hall–Kier alpha value is -2.73. The Morgan fingerprint density at radius 1 is 0.897 bits per heavy atom. The lowest BCUT2D eigenvalue weighted by Crippen LogP contribution is -2.49. The predicted molar refractivity (Wildman–Crippen MR) is 116 cm³/mol. The van der Waals surface area contributed by atoms with E-state index >= 15 is 0 Å². The van der Waals surface area contributed by atoms with Crippen LogP contribution in [0.3, 0.4) is 0 Å². The largest absolute Gasteiger partial charge is 0.496 e. The van der Waals surface area contributed by atoms with Gasteiger partial charge in [0.25, 0.3) is 0 Å². The van der Waals surface area contributed by atoms with Gasteiger partial charge in [0.05, 0.1) is 19.9 Å². The van der Waals surface area contributed by atoms with Crippen molar-refractivity contribution in [1.82, 2.24) is 10.2 Å². The molecule has 156 valence electrons. The van der Waals surface area contributed by atoms with Gasteiger partial charge in [0, 0.05) is 39.1 Å². The third-order valence-corrected chi connectivity index (χ3v) is 5.34. The molecule has 1 N–H and O–H groups in total. The number of hydrogen-bond acceptors (Lipinski definition) is 5. The van der Waals surface area contributed by atoms with Crippen LogP contribution >= 0.6 is 0 Å². The van der Waals surface area contributed by atoms with E-state index in [2.05, 4.69) is 22.3 Å². The molecule has 6 nitrogen and oxygen atoms in total. The van der Waals surface area contributed by atoms with Crippen molar-refractivity contribution < 1.29 is 14.3 Å². The molecule has 0 aliphatic carbocycles. The molecule has 1 saturated heterocycles. The highest BCUT2D eigenvalue weighted by atomic mass is 16.5. The van der Waals surface area contributed by atoms with Crippen molar-refractivity contribution in [1.29, 1.82) is 0 Å². The van der Waals surface area contributed by atoms with E-state index in [9.17, 15) is 4.79 Å². The summed E-state index contributed by atoms with van der Waals surface area (Å²) in [6.45, 7) is 4.67.